The van der Waals surface area contributed by atoms with Gasteiger partial charge in [0.15, 0.2) is 5.79 Å². The highest BCUT2D eigenvalue weighted by molar-refractivity contribution is 4.94. The van der Waals surface area contributed by atoms with Gasteiger partial charge in [0.1, 0.15) is 0 Å². The van der Waals surface area contributed by atoms with Crippen LogP contribution in [0.5, 0.6) is 0 Å². The topological polar surface area (TPSA) is 57.0 Å². The Morgan fingerprint density at radius 3 is 2.72 bits per heavy atom. The molecule has 0 aromatic rings. The maximum atomic E-state index is 6.25. The monoisotopic (exact) mass is 258 g/mol. The molecule has 2 N–H and O–H groups in total. The average Bonchev–Trinajstić information content (AvgIpc) is 2.81. The van der Waals surface area contributed by atoms with Crippen LogP contribution in [0.1, 0.15) is 26.2 Å². The van der Waals surface area contributed by atoms with Gasteiger partial charge >= 0.3 is 0 Å². The second-order valence-electron chi connectivity index (χ2n) is 5.57. The lowest BCUT2D eigenvalue weighted by Gasteiger charge is -2.44. The standard InChI is InChI=1S/C13H26N2O3/c1-10(16-3)9-15(2)12-8-13(5-4-11(12)14)17-6-7-18-13/h10-12H,4-9,14H2,1-3H3. The lowest BCUT2D eigenvalue weighted by molar-refractivity contribution is -0.191. The molecule has 1 saturated heterocycles. The molecule has 3 atom stereocenters. The Hall–Kier alpha value is -0.200. The van der Waals surface area contributed by atoms with Gasteiger partial charge in [-0.3, -0.25) is 4.90 Å². The third kappa shape index (κ3) is 3.03. The Morgan fingerprint density at radius 2 is 2.11 bits per heavy atom. The van der Waals surface area contributed by atoms with Crippen molar-refractivity contribution in [3.05, 3.63) is 0 Å². The molecular weight excluding hydrogens is 232 g/mol. The SMILES string of the molecule is COC(C)CN(C)C1CC2(CCC1N)OCCO2. The Balaban J connectivity index is 1.96. The van der Waals surface area contributed by atoms with Crippen molar-refractivity contribution in [1.82, 2.24) is 4.90 Å². The summed E-state index contributed by atoms with van der Waals surface area (Å²) in [7, 11) is 3.85. The molecule has 0 amide bonds. The van der Waals surface area contributed by atoms with Gasteiger partial charge in [0.25, 0.3) is 0 Å². The molecule has 2 fully saturated rings. The zero-order valence-electron chi connectivity index (χ0n) is 11.7. The zero-order valence-corrected chi connectivity index (χ0v) is 11.7. The van der Waals surface area contributed by atoms with Crippen molar-refractivity contribution >= 4 is 0 Å². The summed E-state index contributed by atoms with van der Waals surface area (Å²) in [6, 6.07) is 0.493. The van der Waals surface area contributed by atoms with Crippen molar-refractivity contribution in [3.8, 4) is 0 Å². The van der Waals surface area contributed by atoms with E-state index >= 15 is 0 Å². The first-order valence-electron chi connectivity index (χ1n) is 6.83. The highest BCUT2D eigenvalue weighted by atomic mass is 16.7. The van der Waals surface area contributed by atoms with Crippen LogP contribution in [-0.4, -0.2) is 62.8 Å². The molecule has 1 aliphatic carbocycles. The average molecular weight is 258 g/mol. The molecule has 18 heavy (non-hydrogen) atoms. The van der Waals surface area contributed by atoms with Gasteiger partial charge in [-0.1, -0.05) is 0 Å². The van der Waals surface area contributed by atoms with Gasteiger partial charge in [-0.05, 0) is 20.4 Å². The van der Waals surface area contributed by atoms with Crippen LogP contribution >= 0.6 is 0 Å². The number of nitrogens with two attached hydrogens (primary N) is 1. The van der Waals surface area contributed by atoms with E-state index in [9.17, 15) is 0 Å². The third-order valence-electron chi connectivity index (χ3n) is 4.20. The van der Waals surface area contributed by atoms with Gasteiger partial charge < -0.3 is 19.9 Å². The van der Waals surface area contributed by atoms with Crippen LogP contribution in [0.2, 0.25) is 0 Å². The van der Waals surface area contributed by atoms with E-state index in [1.54, 1.807) is 7.11 Å². The molecule has 0 radical (unpaired) electrons. The van der Waals surface area contributed by atoms with Crippen molar-refractivity contribution < 1.29 is 14.2 Å². The fourth-order valence-corrected chi connectivity index (χ4v) is 3.01. The lowest BCUT2D eigenvalue weighted by Crippen LogP contribution is -2.56. The van der Waals surface area contributed by atoms with Crippen molar-refractivity contribution in [2.75, 3.05) is 33.9 Å². The largest absolute Gasteiger partial charge is 0.380 e. The normalized spacial score (nSPS) is 33.2. The molecule has 3 unspecified atom stereocenters. The van der Waals surface area contributed by atoms with Crippen LogP contribution in [0.3, 0.4) is 0 Å². The van der Waals surface area contributed by atoms with E-state index in [-0.39, 0.29) is 17.9 Å². The van der Waals surface area contributed by atoms with Gasteiger partial charge in [0, 0.05) is 38.6 Å². The van der Waals surface area contributed by atoms with E-state index < -0.39 is 0 Å². The minimum Gasteiger partial charge on any atom is -0.380 e. The van der Waals surface area contributed by atoms with Crippen LogP contribution in [0.15, 0.2) is 0 Å². The first-order valence-corrected chi connectivity index (χ1v) is 6.83. The van der Waals surface area contributed by atoms with Gasteiger partial charge in [-0.2, -0.15) is 0 Å². The smallest absolute Gasteiger partial charge is 0.170 e. The minimum atomic E-state index is -0.370. The summed E-state index contributed by atoms with van der Waals surface area (Å²) in [4.78, 5) is 2.28. The van der Waals surface area contributed by atoms with Crippen molar-refractivity contribution in [2.24, 2.45) is 5.73 Å². The Labute approximate surface area is 110 Å². The van der Waals surface area contributed by atoms with Gasteiger partial charge in [-0.15, -0.1) is 0 Å². The number of methoxy groups -OCH3 is 1. The van der Waals surface area contributed by atoms with Crippen LogP contribution in [0.25, 0.3) is 0 Å². The molecule has 106 valence electrons. The van der Waals surface area contributed by atoms with Crippen LogP contribution < -0.4 is 5.73 Å². The molecule has 1 spiro atoms. The van der Waals surface area contributed by atoms with E-state index in [2.05, 4.69) is 18.9 Å². The van der Waals surface area contributed by atoms with E-state index in [0.717, 1.165) is 25.8 Å². The molecule has 1 aliphatic heterocycles. The van der Waals surface area contributed by atoms with Gasteiger partial charge in [-0.25, -0.2) is 0 Å². The summed E-state index contributed by atoms with van der Waals surface area (Å²) in [6.07, 6.45) is 2.95. The molecule has 0 aromatic heterocycles. The second kappa shape index (κ2) is 5.84. The molecule has 1 saturated carbocycles. The summed E-state index contributed by atoms with van der Waals surface area (Å²) < 4.78 is 16.9. The summed E-state index contributed by atoms with van der Waals surface area (Å²) in [6.45, 7) is 4.37. The van der Waals surface area contributed by atoms with Crippen LogP contribution in [0.4, 0.5) is 0 Å². The fourth-order valence-electron chi connectivity index (χ4n) is 3.01. The predicted molar refractivity (Wildman–Crippen MR) is 69.4 cm³/mol. The lowest BCUT2D eigenvalue weighted by atomic mass is 9.85. The number of ether oxygens (including phenoxy) is 3. The maximum absolute atomic E-state index is 6.25. The van der Waals surface area contributed by atoms with Crippen molar-refractivity contribution in [2.45, 2.75) is 50.2 Å². The molecular formula is C13H26N2O3. The van der Waals surface area contributed by atoms with E-state index in [1.165, 1.54) is 0 Å². The Kier molecular flexibility index (Phi) is 4.61. The number of nitrogens with zero attached hydrogens (tertiary/aromatic N) is 1. The summed E-state index contributed by atoms with van der Waals surface area (Å²) in [5.41, 5.74) is 6.25. The third-order valence-corrected chi connectivity index (χ3v) is 4.20. The van der Waals surface area contributed by atoms with Gasteiger partial charge in [0.2, 0.25) is 0 Å². The first kappa shape index (κ1) is 14.2. The molecule has 1 heterocycles. The van der Waals surface area contributed by atoms with E-state index in [1.807, 2.05) is 0 Å². The second-order valence-corrected chi connectivity index (χ2v) is 5.57. The molecule has 2 aliphatic rings. The van der Waals surface area contributed by atoms with Crippen molar-refractivity contribution in [3.63, 3.8) is 0 Å². The molecule has 0 bridgehead atoms. The van der Waals surface area contributed by atoms with E-state index in [4.69, 9.17) is 19.9 Å². The highest BCUT2D eigenvalue weighted by Crippen LogP contribution is 2.37. The molecule has 2 rings (SSSR count). The Bertz CT molecular complexity index is 269. The zero-order chi connectivity index (χ0) is 13.2. The van der Waals surface area contributed by atoms with Gasteiger partial charge in [0.05, 0.1) is 19.3 Å². The van der Waals surface area contributed by atoms with Crippen molar-refractivity contribution in [1.29, 1.82) is 0 Å². The fraction of sp³-hybridized carbons (Fsp3) is 1.00. The maximum Gasteiger partial charge on any atom is 0.170 e. The van der Waals surface area contributed by atoms with E-state index in [0.29, 0.717) is 19.3 Å². The predicted octanol–water partition coefficient (Wildman–Crippen LogP) is 0.576. The number of rotatable bonds is 4. The highest BCUT2D eigenvalue weighted by Gasteiger charge is 2.45. The summed E-state index contributed by atoms with van der Waals surface area (Å²) in [5, 5.41) is 0. The number of hydrogen-bond donors (Lipinski definition) is 1. The number of hydrogen-bond acceptors (Lipinski definition) is 5. The minimum absolute atomic E-state index is 0.192. The Morgan fingerprint density at radius 1 is 1.44 bits per heavy atom. The number of likely N-dealkylation sites (N-methyl/N-ethyl adjacent to an activating group) is 1. The first-order chi connectivity index (χ1) is 8.56. The molecule has 5 heteroatoms. The van der Waals surface area contributed by atoms with Crippen LogP contribution in [-0.2, 0) is 14.2 Å². The summed E-state index contributed by atoms with van der Waals surface area (Å²) in [5.74, 6) is -0.370. The molecule has 5 nitrogen and oxygen atoms in total. The quantitative estimate of drug-likeness (QED) is 0.799. The summed E-state index contributed by atoms with van der Waals surface area (Å²) >= 11 is 0. The van der Waals surface area contributed by atoms with Crippen LogP contribution in [0, 0.1) is 0 Å². The molecule has 0 aromatic carbocycles.